The minimum absolute atomic E-state index is 0.341. The van der Waals surface area contributed by atoms with Crippen molar-refractivity contribution in [2.75, 3.05) is 6.61 Å². The van der Waals surface area contributed by atoms with Gasteiger partial charge in [0.15, 0.2) is 12.0 Å². The first kappa shape index (κ1) is 12.4. The number of aldehydes is 1. The molecule has 1 aromatic carbocycles. The standard InChI is InChI=1S/C15H16O3/c1-2-3-10-17-13-6-4-12(5-7-13)15-9-8-14(11-16)18-15/h4-9,11H,2-3,10H2,1H3. The van der Waals surface area contributed by atoms with Gasteiger partial charge in [-0.1, -0.05) is 13.3 Å². The van der Waals surface area contributed by atoms with Crippen LogP contribution in [0.2, 0.25) is 0 Å². The average molecular weight is 244 g/mol. The van der Waals surface area contributed by atoms with Gasteiger partial charge >= 0.3 is 0 Å². The molecule has 0 amide bonds. The average Bonchev–Trinajstić information content (AvgIpc) is 2.89. The van der Waals surface area contributed by atoms with Crippen molar-refractivity contribution >= 4 is 6.29 Å². The minimum atomic E-state index is 0.341. The van der Waals surface area contributed by atoms with Crippen LogP contribution in [0.1, 0.15) is 30.3 Å². The van der Waals surface area contributed by atoms with Gasteiger partial charge in [0, 0.05) is 5.56 Å². The summed E-state index contributed by atoms with van der Waals surface area (Å²) in [5, 5.41) is 0. The number of ether oxygens (including phenoxy) is 1. The van der Waals surface area contributed by atoms with Crippen LogP contribution in [0.3, 0.4) is 0 Å². The maximum atomic E-state index is 10.5. The summed E-state index contributed by atoms with van der Waals surface area (Å²) < 4.78 is 10.9. The van der Waals surface area contributed by atoms with Gasteiger partial charge in [0.2, 0.25) is 0 Å². The second kappa shape index (κ2) is 6.05. The lowest BCUT2D eigenvalue weighted by atomic mass is 10.2. The fourth-order valence-electron chi connectivity index (χ4n) is 1.62. The number of hydrogen-bond acceptors (Lipinski definition) is 3. The second-order valence-electron chi connectivity index (χ2n) is 4.05. The van der Waals surface area contributed by atoms with Crippen molar-refractivity contribution in [2.45, 2.75) is 19.8 Å². The summed E-state index contributed by atoms with van der Waals surface area (Å²) in [5.74, 6) is 1.89. The second-order valence-corrected chi connectivity index (χ2v) is 4.05. The molecule has 0 atom stereocenters. The fourth-order valence-corrected chi connectivity index (χ4v) is 1.62. The molecule has 18 heavy (non-hydrogen) atoms. The fraction of sp³-hybridized carbons (Fsp3) is 0.267. The first-order chi connectivity index (χ1) is 8.83. The lowest BCUT2D eigenvalue weighted by molar-refractivity contribution is 0.110. The van der Waals surface area contributed by atoms with Crippen molar-refractivity contribution in [1.82, 2.24) is 0 Å². The number of rotatable bonds is 6. The Bertz CT molecular complexity index is 497. The molecule has 0 saturated heterocycles. The molecule has 0 bridgehead atoms. The van der Waals surface area contributed by atoms with E-state index in [4.69, 9.17) is 9.15 Å². The number of carbonyl (C=O) groups is 1. The zero-order valence-corrected chi connectivity index (χ0v) is 10.4. The van der Waals surface area contributed by atoms with Gasteiger partial charge in [-0.15, -0.1) is 0 Å². The van der Waals surface area contributed by atoms with Crippen LogP contribution in [0.4, 0.5) is 0 Å². The number of unbranched alkanes of at least 4 members (excludes halogenated alkanes) is 1. The summed E-state index contributed by atoms with van der Waals surface area (Å²) in [6, 6.07) is 11.1. The van der Waals surface area contributed by atoms with Crippen LogP contribution in [-0.2, 0) is 0 Å². The summed E-state index contributed by atoms with van der Waals surface area (Å²) in [4.78, 5) is 10.5. The molecular formula is C15H16O3. The monoisotopic (exact) mass is 244 g/mol. The van der Waals surface area contributed by atoms with Crippen LogP contribution in [-0.4, -0.2) is 12.9 Å². The molecule has 0 N–H and O–H groups in total. The Morgan fingerprint density at radius 2 is 1.94 bits per heavy atom. The van der Waals surface area contributed by atoms with Gasteiger partial charge in [-0.2, -0.15) is 0 Å². The molecule has 0 unspecified atom stereocenters. The highest BCUT2D eigenvalue weighted by Gasteiger charge is 2.04. The molecule has 0 fully saturated rings. The van der Waals surface area contributed by atoms with Crippen molar-refractivity contribution in [3.63, 3.8) is 0 Å². The van der Waals surface area contributed by atoms with Gasteiger partial charge in [-0.25, -0.2) is 0 Å². The molecule has 3 nitrogen and oxygen atoms in total. The highest BCUT2D eigenvalue weighted by molar-refractivity contribution is 5.72. The van der Waals surface area contributed by atoms with Crippen molar-refractivity contribution in [3.05, 3.63) is 42.2 Å². The van der Waals surface area contributed by atoms with Crippen molar-refractivity contribution < 1.29 is 13.9 Å². The largest absolute Gasteiger partial charge is 0.494 e. The highest BCUT2D eigenvalue weighted by Crippen LogP contribution is 2.24. The molecule has 0 aliphatic rings. The molecule has 0 aliphatic carbocycles. The molecule has 0 aliphatic heterocycles. The maximum absolute atomic E-state index is 10.5. The van der Waals surface area contributed by atoms with E-state index in [9.17, 15) is 4.79 Å². The Kier molecular flexibility index (Phi) is 4.18. The third kappa shape index (κ3) is 3.00. The van der Waals surface area contributed by atoms with Crippen molar-refractivity contribution in [3.8, 4) is 17.1 Å². The Balaban J connectivity index is 2.04. The first-order valence-corrected chi connectivity index (χ1v) is 6.11. The summed E-state index contributed by atoms with van der Waals surface area (Å²) in [6.45, 7) is 2.87. The van der Waals surface area contributed by atoms with Gasteiger partial charge in [-0.3, -0.25) is 4.79 Å². The van der Waals surface area contributed by atoms with E-state index in [1.807, 2.05) is 24.3 Å². The molecule has 0 radical (unpaired) electrons. The quantitative estimate of drug-likeness (QED) is 0.570. The Labute approximate surface area is 106 Å². The molecule has 2 rings (SSSR count). The summed E-state index contributed by atoms with van der Waals surface area (Å²) in [5.41, 5.74) is 0.936. The molecule has 3 heteroatoms. The lowest BCUT2D eigenvalue weighted by Gasteiger charge is -2.05. The van der Waals surface area contributed by atoms with Crippen molar-refractivity contribution in [1.29, 1.82) is 0 Å². The Hall–Kier alpha value is -2.03. The SMILES string of the molecule is CCCCOc1ccc(-c2ccc(C=O)o2)cc1. The molecule has 1 aromatic heterocycles. The third-order valence-corrected chi connectivity index (χ3v) is 2.65. The Morgan fingerprint density at radius 1 is 1.17 bits per heavy atom. The number of hydrogen-bond donors (Lipinski definition) is 0. The van der Waals surface area contributed by atoms with E-state index in [-0.39, 0.29) is 0 Å². The van der Waals surface area contributed by atoms with E-state index < -0.39 is 0 Å². The van der Waals surface area contributed by atoms with Crippen LogP contribution < -0.4 is 4.74 Å². The zero-order valence-electron chi connectivity index (χ0n) is 10.4. The summed E-state index contributed by atoms with van der Waals surface area (Å²) >= 11 is 0. The molecule has 94 valence electrons. The summed E-state index contributed by atoms with van der Waals surface area (Å²) in [7, 11) is 0. The van der Waals surface area contributed by atoms with Gasteiger partial charge < -0.3 is 9.15 Å². The van der Waals surface area contributed by atoms with E-state index in [1.54, 1.807) is 12.1 Å². The van der Waals surface area contributed by atoms with Crippen LogP contribution in [0.15, 0.2) is 40.8 Å². The van der Waals surface area contributed by atoms with Gasteiger partial charge in [0.1, 0.15) is 11.5 Å². The van der Waals surface area contributed by atoms with Gasteiger partial charge in [0.25, 0.3) is 0 Å². The van der Waals surface area contributed by atoms with Crippen LogP contribution >= 0.6 is 0 Å². The van der Waals surface area contributed by atoms with E-state index in [0.29, 0.717) is 17.8 Å². The first-order valence-electron chi connectivity index (χ1n) is 6.11. The highest BCUT2D eigenvalue weighted by atomic mass is 16.5. The van der Waals surface area contributed by atoms with Crippen LogP contribution in [0.25, 0.3) is 11.3 Å². The van der Waals surface area contributed by atoms with Gasteiger partial charge in [0.05, 0.1) is 6.61 Å². The maximum Gasteiger partial charge on any atom is 0.185 e. The zero-order chi connectivity index (χ0) is 12.8. The van der Waals surface area contributed by atoms with Crippen LogP contribution in [0, 0.1) is 0 Å². The number of furan rings is 1. The van der Waals surface area contributed by atoms with Crippen molar-refractivity contribution in [2.24, 2.45) is 0 Å². The van der Waals surface area contributed by atoms with E-state index in [2.05, 4.69) is 6.92 Å². The molecule has 0 saturated carbocycles. The minimum Gasteiger partial charge on any atom is -0.494 e. The molecule has 2 aromatic rings. The smallest absolute Gasteiger partial charge is 0.185 e. The van der Waals surface area contributed by atoms with E-state index >= 15 is 0 Å². The Morgan fingerprint density at radius 3 is 2.56 bits per heavy atom. The normalized spacial score (nSPS) is 10.3. The predicted octanol–water partition coefficient (Wildman–Crippen LogP) is 3.94. The number of carbonyl (C=O) groups excluding carboxylic acids is 1. The van der Waals surface area contributed by atoms with E-state index in [1.165, 1.54) is 0 Å². The number of benzene rings is 1. The van der Waals surface area contributed by atoms with Crippen LogP contribution in [0.5, 0.6) is 5.75 Å². The van der Waals surface area contributed by atoms with E-state index in [0.717, 1.165) is 30.8 Å². The molecule has 0 spiro atoms. The predicted molar refractivity (Wildman–Crippen MR) is 69.9 cm³/mol. The molecule has 1 heterocycles. The lowest BCUT2D eigenvalue weighted by Crippen LogP contribution is -1.95. The van der Waals surface area contributed by atoms with Gasteiger partial charge in [-0.05, 0) is 42.8 Å². The topological polar surface area (TPSA) is 39.4 Å². The third-order valence-electron chi connectivity index (χ3n) is 2.65. The summed E-state index contributed by atoms with van der Waals surface area (Å²) in [6.07, 6.45) is 2.88. The molecular weight excluding hydrogens is 228 g/mol.